The highest BCUT2D eigenvalue weighted by atomic mass is 19.1. The molecule has 4 aliphatic rings. The molecule has 7 unspecified atom stereocenters. The first-order valence-corrected chi connectivity index (χ1v) is 11.3. The first-order chi connectivity index (χ1) is 14.0. The third-order valence-corrected chi connectivity index (χ3v) is 7.29. The van der Waals surface area contributed by atoms with Crippen LogP contribution in [0.3, 0.4) is 0 Å². The van der Waals surface area contributed by atoms with Gasteiger partial charge in [-0.3, -0.25) is 9.59 Å². The zero-order valence-corrected chi connectivity index (χ0v) is 17.4. The Morgan fingerprint density at radius 2 is 1.97 bits per heavy atom. The first kappa shape index (κ1) is 21.0. The van der Waals surface area contributed by atoms with E-state index >= 15 is 0 Å². The van der Waals surface area contributed by atoms with Gasteiger partial charge in [0.1, 0.15) is 12.2 Å². The van der Waals surface area contributed by atoms with Gasteiger partial charge in [-0.2, -0.15) is 0 Å². The van der Waals surface area contributed by atoms with Crippen LogP contribution < -0.4 is 16.0 Å². The van der Waals surface area contributed by atoms with Crippen LogP contribution in [0.15, 0.2) is 0 Å². The van der Waals surface area contributed by atoms with Crippen molar-refractivity contribution in [2.75, 3.05) is 32.8 Å². The lowest BCUT2D eigenvalue weighted by Crippen LogP contribution is -2.62. The van der Waals surface area contributed by atoms with E-state index in [0.29, 0.717) is 45.1 Å². The molecule has 0 radical (unpaired) electrons. The highest BCUT2D eigenvalue weighted by Gasteiger charge is 2.47. The standard InChI is InChI=1S/C21H35FN4O3/c1-13-5-6-15(22)14-12-17(24-18(13)14)20(27)25-19(16-4-2-3-7-23-16)21(28)26-8-10-29-11-9-26/h13-19,23-24H,2-12H2,1H3,(H,25,27). The van der Waals surface area contributed by atoms with E-state index in [-0.39, 0.29) is 29.8 Å². The van der Waals surface area contributed by atoms with Crippen molar-refractivity contribution in [1.29, 1.82) is 0 Å². The normalized spacial score (nSPS) is 38.9. The van der Waals surface area contributed by atoms with E-state index in [0.717, 1.165) is 32.2 Å². The first-order valence-electron chi connectivity index (χ1n) is 11.3. The van der Waals surface area contributed by atoms with Crippen molar-refractivity contribution in [3.05, 3.63) is 0 Å². The maximum Gasteiger partial charge on any atom is 0.246 e. The molecular formula is C21H35FN4O3. The Balaban J connectivity index is 1.43. The number of hydrogen-bond donors (Lipinski definition) is 3. The van der Waals surface area contributed by atoms with Gasteiger partial charge in [0.25, 0.3) is 0 Å². The van der Waals surface area contributed by atoms with E-state index in [1.165, 1.54) is 0 Å². The topological polar surface area (TPSA) is 82.7 Å². The number of amides is 2. The molecule has 4 rings (SSSR count). The zero-order chi connectivity index (χ0) is 20.4. The van der Waals surface area contributed by atoms with Crippen molar-refractivity contribution < 1.29 is 18.7 Å². The molecule has 1 aliphatic carbocycles. The van der Waals surface area contributed by atoms with Crippen LogP contribution >= 0.6 is 0 Å². The summed E-state index contributed by atoms with van der Waals surface area (Å²) >= 11 is 0. The zero-order valence-electron chi connectivity index (χ0n) is 17.4. The molecule has 29 heavy (non-hydrogen) atoms. The maximum absolute atomic E-state index is 14.4. The van der Waals surface area contributed by atoms with Gasteiger partial charge in [-0.1, -0.05) is 13.3 Å². The van der Waals surface area contributed by atoms with Crippen molar-refractivity contribution in [2.45, 2.75) is 75.8 Å². The number of ether oxygens (including phenoxy) is 1. The fourth-order valence-corrected chi connectivity index (χ4v) is 5.53. The number of rotatable bonds is 4. The van der Waals surface area contributed by atoms with Gasteiger partial charge in [0.2, 0.25) is 11.8 Å². The van der Waals surface area contributed by atoms with Gasteiger partial charge in [0.05, 0.1) is 19.3 Å². The molecule has 0 spiro atoms. The lowest BCUT2D eigenvalue weighted by molar-refractivity contribution is -0.141. The Kier molecular flexibility index (Phi) is 6.71. The molecule has 7 atom stereocenters. The summed E-state index contributed by atoms with van der Waals surface area (Å²) in [5.74, 6) is 0.0669. The van der Waals surface area contributed by atoms with Gasteiger partial charge < -0.3 is 25.6 Å². The van der Waals surface area contributed by atoms with Gasteiger partial charge in [-0.05, 0) is 44.6 Å². The van der Waals surface area contributed by atoms with Crippen LogP contribution in [0.4, 0.5) is 4.39 Å². The minimum atomic E-state index is -0.840. The average molecular weight is 411 g/mol. The molecular weight excluding hydrogens is 375 g/mol. The molecule has 3 saturated heterocycles. The number of nitrogens with zero attached hydrogens (tertiary/aromatic N) is 1. The molecule has 8 heteroatoms. The molecule has 3 heterocycles. The molecule has 164 valence electrons. The second-order valence-corrected chi connectivity index (χ2v) is 9.20. The SMILES string of the molecule is CC1CCC(F)C2CC(C(=O)NC(C(=O)N3CCOCC3)C3CCCCN3)NC12. The Bertz CT molecular complexity index is 576. The second-order valence-electron chi connectivity index (χ2n) is 9.20. The molecule has 2 amide bonds. The highest BCUT2D eigenvalue weighted by molar-refractivity contribution is 5.90. The fourth-order valence-electron chi connectivity index (χ4n) is 5.53. The summed E-state index contributed by atoms with van der Waals surface area (Å²) < 4.78 is 19.8. The van der Waals surface area contributed by atoms with Crippen molar-refractivity contribution in [3.8, 4) is 0 Å². The Labute approximate surface area is 172 Å². The number of nitrogens with one attached hydrogen (secondary N) is 3. The average Bonchev–Trinajstić information content (AvgIpc) is 3.22. The number of hydrogen-bond acceptors (Lipinski definition) is 5. The largest absolute Gasteiger partial charge is 0.378 e. The van der Waals surface area contributed by atoms with E-state index in [4.69, 9.17) is 4.74 Å². The van der Waals surface area contributed by atoms with Crippen LogP contribution in [-0.4, -0.2) is 79.9 Å². The maximum atomic E-state index is 14.4. The van der Waals surface area contributed by atoms with Crippen LogP contribution in [-0.2, 0) is 14.3 Å². The number of morpholine rings is 1. The van der Waals surface area contributed by atoms with Crippen molar-refractivity contribution >= 4 is 11.8 Å². The summed E-state index contributed by atoms with van der Waals surface area (Å²) in [6.07, 6.45) is 4.12. The predicted molar refractivity (Wildman–Crippen MR) is 107 cm³/mol. The Morgan fingerprint density at radius 1 is 1.17 bits per heavy atom. The van der Waals surface area contributed by atoms with E-state index in [2.05, 4.69) is 22.9 Å². The number of carbonyl (C=O) groups is 2. The molecule has 0 aromatic heterocycles. The summed E-state index contributed by atoms with van der Waals surface area (Å²) in [7, 11) is 0. The Hall–Kier alpha value is -1.25. The van der Waals surface area contributed by atoms with Gasteiger partial charge in [0.15, 0.2) is 0 Å². The van der Waals surface area contributed by atoms with Gasteiger partial charge in [0, 0.05) is 31.1 Å². The van der Waals surface area contributed by atoms with E-state index < -0.39 is 18.3 Å². The monoisotopic (exact) mass is 410 g/mol. The minimum Gasteiger partial charge on any atom is -0.378 e. The molecule has 4 fully saturated rings. The fraction of sp³-hybridized carbons (Fsp3) is 0.905. The number of alkyl halides is 1. The lowest BCUT2D eigenvalue weighted by Gasteiger charge is -2.36. The number of fused-ring (bicyclic) bond motifs is 1. The van der Waals surface area contributed by atoms with E-state index in [1.807, 2.05) is 0 Å². The van der Waals surface area contributed by atoms with Crippen molar-refractivity contribution in [2.24, 2.45) is 11.8 Å². The third-order valence-electron chi connectivity index (χ3n) is 7.29. The Morgan fingerprint density at radius 3 is 2.66 bits per heavy atom. The summed E-state index contributed by atoms with van der Waals surface area (Å²) in [6.45, 7) is 5.19. The third kappa shape index (κ3) is 4.59. The molecule has 1 saturated carbocycles. The molecule has 0 aromatic carbocycles. The van der Waals surface area contributed by atoms with Crippen molar-refractivity contribution in [3.63, 3.8) is 0 Å². The quantitative estimate of drug-likeness (QED) is 0.632. The lowest BCUT2D eigenvalue weighted by atomic mass is 9.77. The molecule has 0 bridgehead atoms. The van der Waals surface area contributed by atoms with Crippen LogP contribution in [0.2, 0.25) is 0 Å². The predicted octanol–water partition coefficient (Wildman–Crippen LogP) is 0.587. The summed E-state index contributed by atoms with van der Waals surface area (Å²) in [5.41, 5.74) is 0. The van der Waals surface area contributed by atoms with Gasteiger partial charge in [-0.25, -0.2) is 4.39 Å². The van der Waals surface area contributed by atoms with Crippen LogP contribution in [0.5, 0.6) is 0 Å². The van der Waals surface area contributed by atoms with Crippen LogP contribution in [0.25, 0.3) is 0 Å². The number of carbonyl (C=O) groups excluding carboxylic acids is 2. The van der Waals surface area contributed by atoms with E-state index in [1.54, 1.807) is 4.90 Å². The molecule has 7 nitrogen and oxygen atoms in total. The summed E-state index contributed by atoms with van der Waals surface area (Å²) in [5, 5.41) is 9.85. The highest BCUT2D eigenvalue weighted by Crippen LogP contribution is 2.38. The molecule has 3 N–H and O–H groups in total. The second kappa shape index (κ2) is 9.27. The van der Waals surface area contributed by atoms with Crippen LogP contribution in [0.1, 0.15) is 45.4 Å². The van der Waals surface area contributed by atoms with E-state index in [9.17, 15) is 14.0 Å². The summed E-state index contributed by atoms with van der Waals surface area (Å²) in [4.78, 5) is 28.2. The summed E-state index contributed by atoms with van der Waals surface area (Å²) in [6, 6.07) is -1.01. The van der Waals surface area contributed by atoms with Gasteiger partial charge >= 0.3 is 0 Å². The minimum absolute atomic E-state index is 0.0341. The number of halogens is 1. The van der Waals surface area contributed by atoms with Gasteiger partial charge in [-0.15, -0.1) is 0 Å². The smallest absolute Gasteiger partial charge is 0.246 e. The number of piperidine rings is 1. The molecule has 0 aromatic rings. The molecule has 3 aliphatic heterocycles. The van der Waals surface area contributed by atoms with Crippen LogP contribution in [0, 0.1) is 11.8 Å². The van der Waals surface area contributed by atoms with Crippen molar-refractivity contribution in [1.82, 2.24) is 20.9 Å².